The Morgan fingerprint density at radius 1 is 1.00 bits per heavy atom. The van der Waals surface area contributed by atoms with Gasteiger partial charge in [0, 0.05) is 0 Å². The first-order valence-electron chi connectivity index (χ1n) is 12.4. The summed E-state index contributed by atoms with van der Waals surface area (Å²) in [5, 5.41) is 10.9. The highest BCUT2D eigenvalue weighted by Gasteiger charge is 2.52. The first kappa shape index (κ1) is 20.7. The van der Waals surface area contributed by atoms with Gasteiger partial charge < -0.3 is 5.11 Å². The van der Waals surface area contributed by atoms with E-state index in [2.05, 4.69) is 40.7 Å². The molecule has 28 heavy (non-hydrogen) atoms. The normalized spacial score (nSPS) is 39.9. The minimum absolute atomic E-state index is 0.140. The van der Waals surface area contributed by atoms with Crippen LogP contribution in [-0.2, 0) is 0 Å². The molecule has 1 N–H and O–H groups in total. The first-order chi connectivity index (χ1) is 13.3. The molecule has 0 aromatic rings. The van der Waals surface area contributed by atoms with Crippen molar-refractivity contribution in [3.8, 4) is 0 Å². The highest BCUT2D eigenvalue weighted by molar-refractivity contribution is 5.49. The summed E-state index contributed by atoms with van der Waals surface area (Å²) in [4.78, 5) is 0. The highest BCUT2D eigenvalue weighted by atomic mass is 16.3. The third-order valence-electron chi connectivity index (χ3n) is 9.71. The van der Waals surface area contributed by atoms with Crippen molar-refractivity contribution in [3.05, 3.63) is 22.8 Å². The van der Waals surface area contributed by atoms with Crippen LogP contribution in [0.3, 0.4) is 0 Å². The molecule has 4 aliphatic carbocycles. The molecule has 0 aromatic carbocycles. The quantitative estimate of drug-likeness (QED) is 0.521. The minimum Gasteiger partial charge on any atom is -0.393 e. The van der Waals surface area contributed by atoms with Gasteiger partial charge in [-0.15, -0.1) is 0 Å². The molecule has 0 heterocycles. The van der Waals surface area contributed by atoms with Crippen molar-refractivity contribution in [3.63, 3.8) is 0 Å². The zero-order chi connectivity index (χ0) is 20.1. The molecule has 1 unspecified atom stereocenters. The van der Waals surface area contributed by atoms with Crippen LogP contribution in [0.15, 0.2) is 22.8 Å². The Hall–Kier alpha value is -0.560. The van der Waals surface area contributed by atoms with Gasteiger partial charge in [-0.3, -0.25) is 0 Å². The van der Waals surface area contributed by atoms with Gasteiger partial charge >= 0.3 is 0 Å². The van der Waals surface area contributed by atoms with E-state index in [0.717, 1.165) is 18.8 Å². The summed E-state index contributed by atoms with van der Waals surface area (Å²) in [6, 6.07) is 0. The summed E-state index contributed by atoms with van der Waals surface area (Å²) >= 11 is 0. The molecule has 0 aromatic heterocycles. The van der Waals surface area contributed by atoms with Gasteiger partial charge in [-0.1, -0.05) is 59.1 Å². The molecule has 0 amide bonds. The van der Waals surface area contributed by atoms with E-state index >= 15 is 0 Å². The Balaban J connectivity index is 1.57. The molecule has 1 fully saturated rings. The van der Waals surface area contributed by atoms with E-state index in [1.54, 1.807) is 11.1 Å². The fourth-order valence-electron chi connectivity index (χ4n) is 7.75. The summed E-state index contributed by atoms with van der Waals surface area (Å²) in [6.07, 6.45) is 16.9. The Morgan fingerprint density at radius 3 is 2.54 bits per heavy atom. The monoisotopic (exact) mass is 384 g/mol. The van der Waals surface area contributed by atoms with Crippen LogP contribution >= 0.6 is 0 Å². The van der Waals surface area contributed by atoms with E-state index in [-0.39, 0.29) is 6.10 Å². The van der Waals surface area contributed by atoms with Crippen molar-refractivity contribution in [1.29, 1.82) is 0 Å². The number of hydrogen-bond donors (Lipinski definition) is 1. The molecular formula is C27H44O. The van der Waals surface area contributed by atoms with Crippen LogP contribution in [0.5, 0.6) is 0 Å². The lowest BCUT2D eigenvalue weighted by atomic mass is 9.51. The third kappa shape index (κ3) is 3.24. The molecule has 6 atom stereocenters. The van der Waals surface area contributed by atoms with E-state index in [1.807, 2.05) is 5.57 Å². The van der Waals surface area contributed by atoms with Crippen molar-refractivity contribution in [1.82, 2.24) is 0 Å². The molecule has 4 rings (SSSR count). The molecular weight excluding hydrogens is 340 g/mol. The standard InChI is InChI=1S/C27H44O/c1-18(2)9-14-25(28)19(3)22-12-13-23-21-11-10-20-8-6-7-16-26(20,4)24(21)15-17-27(22,23)5/h13,18-20,22,25,28H,6-12,14-17H2,1-5H3/t19-,20?,22+,25+,26-,27+/m0/s1. The number of hydrogen-bond acceptors (Lipinski definition) is 1. The molecule has 1 saturated carbocycles. The summed E-state index contributed by atoms with van der Waals surface area (Å²) in [5.74, 6) is 2.65. The third-order valence-corrected chi connectivity index (χ3v) is 9.71. The molecule has 4 aliphatic rings. The highest BCUT2D eigenvalue weighted by Crippen LogP contribution is 2.64. The van der Waals surface area contributed by atoms with Crippen molar-refractivity contribution in [2.75, 3.05) is 0 Å². The second-order valence-corrected chi connectivity index (χ2v) is 11.6. The van der Waals surface area contributed by atoms with Crippen LogP contribution in [0, 0.1) is 34.5 Å². The van der Waals surface area contributed by atoms with Gasteiger partial charge in [-0.05, 0) is 103 Å². The Morgan fingerprint density at radius 2 is 1.79 bits per heavy atom. The number of fused-ring (bicyclic) bond motifs is 4. The Bertz CT molecular complexity index is 655. The molecule has 0 aliphatic heterocycles. The lowest BCUT2D eigenvalue weighted by Gasteiger charge is -2.53. The van der Waals surface area contributed by atoms with E-state index in [1.165, 1.54) is 57.8 Å². The van der Waals surface area contributed by atoms with E-state index < -0.39 is 0 Å². The predicted octanol–water partition coefficient (Wildman–Crippen LogP) is 7.45. The Kier molecular flexibility index (Phi) is 5.62. The fraction of sp³-hybridized carbons (Fsp3) is 0.852. The first-order valence-corrected chi connectivity index (χ1v) is 12.4. The van der Waals surface area contributed by atoms with E-state index in [9.17, 15) is 5.11 Å². The Labute approximate surface area is 174 Å². The minimum atomic E-state index is -0.140. The zero-order valence-electron chi connectivity index (χ0n) is 19.2. The number of aliphatic hydroxyl groups is 1. The predicted molar refractivity (Wildman–Crippen MR) is 119 cm³/mol. The lowest BCUT2D eigenvalue weighted by Crippen LogP contribution is -2.42. The smallest absolute Gasteiger partial charge is 0.0568 e. The largest absolute Gasteiger partial charge is 0.393 e. The maximum Gasteiger partial charge on any atom is 0.0568 e. The number of rotatable bonds is 5. The van der Waals surface area contributed by atoms with Crippen LogP contribution in [-0.4, -0.2) is 11.2 Å². The van der Waals surface area contributed by atoms with E-state index in [0.29, 0.717) is 28.6 Å². The average molecular weight is 385 g/mol. The summed E-state index contributed by atoms with van der Waals surface area (Å²) in [5.41, 5.74) is 6.15. The molecule has 0 radical (unpaired) electrons. The number of aliphatic hydroxyl groups excluding tert-OH is 1. The van der Waals surface area contributed by atoms with Gasteiger partial charge in [0.25, 0.3) is 0 Å². The van der Waals surface area contributed by atoms with Crippen molar-refractivity contribution in [2.24, 2.45) is 34.5 Å². The molecule has 0 bridgehead atoms. The second kappa shape index (κ2) is 7.60. The average Bonchev–Trinajstić information content (AvgIpc) is 3.02. The van der Waals surface area contributed by atoms with Gasteiger partial charge in [-0.2, -0.15) is 0 Å². The molecule has 0 spiro atoms. The molecule has 1 heteroatoms. The summed E-state index contributed by atoms with van der Waals surface area (Å²) in [6.45, 7) is 12.0. The van der Waals surface area contributed by atoms with E-state index in [4.69, 9.17) is 0 Å². The van der Waals surface area contributed by atoms with Gasteiger partial charge in [0.2, 0.25) is 0 Å². The SMILES string of the molecule is CC(C)CC[C@@H](O)[C@@H](C)[C@H]1CC=C2C3=C(CC[C@@]21C)[C@@]1(C)CCCCC1CC3. The fourth-order valence-corrected chi connectivity index (χ4v) is 7.75. The van der Waals surface area contributed by atoms with Gasteiger partial charge in [0.1, 0.15) is 0 Å². The molecule has 1 nitrogen and oxygen atoms in total. The summed E-state index contributed by atoms with van der Waals surface area (Å²) < 4.78 is 0. The number of allylic oxidation sites excluding steroid dienone is 4. The summed E-state index contributed by atoms with van der Waals surface area (Å²) in [7, 11) is 0. The van der Waals surface area contributed by atoms with Crippen LogP contribution < -0.4 is 0 Å². The van der Waals surface area contributed by atoms with Gasteiger partial charge in [0.05, 0.1) is 6.10 Å². The van der Waals surface area contributed by atoms with Crippen molar-refractivity contribution < 1.29 is 5.11 Å². The molecule has 0 saturated heterocycles. The maximum absolute atomic E-state index is 10.9. The van der Waals surface area contributed by atoms with Crippen LogP contribution in [0.25, 0.3) is 0 Å². The molecule has 158 valence electrons. The second-order valence-electron chi connectivity index (χ2n) is 11.6. The van der Waals surface area contributed by atoms with Crippen LogP contribution in [0.4, 0.5) is 0 Å². The van der Waals surface area contributed by atoms with Gasteiger partial charge in [0.15, 0.2) is 0 Å². The van der Waals surface area contributed by atoms with Crippen molar-refractivity contribution >= 4 is 0 Å². The van der Waals surface area contributed by atoms with Crippen LogP contribution in [0.2, 0.25) is 0 Å². The van der Waals surface area contributed by atoms with Crippen LogP contribution in [0.1, 0.15) is 105 Å². The van der Waals surface area contributed by atoms with Crippen molar-refractivity contribution in [2.45, 2.75) is 111 Å². The lowest BCUT2D eigenvalue weighted by molar-refractivity contribution is 0.0321. The topological polar surface area (TPSA) is 20.2 Å². The zero-order valence-corrected chi connectivity index (χ0v) is 19.2. The van der Waals surface area contributed by atoms with Gasteiger partial charge in [-0.25, -0.2) is 0 Å². The maximum atomic E-state index is 10.9.